The molecule has 0 saturated carbocycles. The number of hydrogen-bond donors (Lipinski definition) is 1. The molecule has 0 heterocycles. The molecule has 0 amide bonds. The van der Waals surface area contributed by atoms with Crippen LogP contribution in [0, 0.1) is 0 Å². The molecule has 0 spiro atoms. The average Bonchev–Trinajstić information content (AvgIpc) is 2.30. The molecule has 19 heavy (non-hydrogen) atoms. The normalized spacial score (nSPS) is 12.3. The van der Waals surface area contributed by atoms with Crippen LogP contribution in [-0.2, 0) is 0 Å². The average molecular weight is 317 g/mol. The fourth-order valence-electron chi connectivity index (χ4n) is 1.60. The molecule has 0 bridgehead atoms. The summed E-state index contributed by atoms with van der Waals surface area (Å²) in [5.74, 6) is 1.07. The van der Waals surface area contributed by atoms with Gasteiger partial charge in [-0.05, 0) is 42.8 Å². The summed E-state index contributed by atoms with van der Waals surface area (Å²) in [7, 11) is 0. The Morgan fingerprint density at radius 1 is 1.00 bits per heavy atom. The molecule has 100 valence electrons. The lowest BCUT2D eigenvalue weighted by Gasteiger charge is -2.11. The van der Waals surface area contributed by atoms with Crippen molar-refractivity contribution in [3.05, 3.63) is 57.0 Å². The van der Waals surface area contributed by atoms with Crippen molar-refractivity contribution >= 4 is 34.8 Å². The molecule has 2 nitrogen and oxygen atoms in total. The molecule has 2 aromatic carbocycles. The summed E-state index contributed by atoms with van der Waals surface area (Å²) in [5, 5.41) is 1.50. The Morgan fingerprint density at radius 2 is 1.63 bits per heavy atom. The third-order valence-electron chi connectivity index (χ3n) is 2.55. The van der Waals surface area contributed by atoms with Gasteiger partial charge in [0.1, 0.15) is 11.5 Å². The Kier molecular flexibility index (Phi) is 4.58. The van der Waals surface area contributed by atoms with Gasteiger partial charge >= 0.3 is 0 Å². The summed E-state index contributed by atoms with van der Waals surface area (Å²) >= 11 is 18.0. The number of benzene rings is 2. The van der Waals surface area contributed by atoms with Gasteiger partial charge in [-0.15, -0.1) is 0 Å². The van der Waals surface area contributed by atoms with E-state index in [4.69, 9.17) is 45.3 Å². The Morgan fingerprint density at radius 3 is 2.16 bits per heavy atom. The minimum absolute atomic E-state index is 0.0767. The summed E-state index contributed by atoms with van der Waals surface area (Å²) in [5.41, 5.74) is 6.74. The molecule has 0 unspecified atom stereocenters. The van der Waals surface area contributed by atoms with Crippen LogP contribution >= 0.6 is 34.8 Å². The third kappa shape index (κ3) is 3.77. The highest BCUT2D eigenvalue weighted by atomic mass is 35.5. The molecule has 5 heteroatoms. The summed E-state index contributed by atoms with van der Waals surface area (Å²) in [6.45, 7) is 1.89. The van der Waals surface area contributed by atoms with E-state index in [9.17, 15) is 0 Å². The predicted molar refractivity (Wildman–Crippen MR) is 80.6 cm³/mol. The number of hydrogen-bond acceptors (Lipinski definition) is 2. The first-order valence-corrected chi connectivity index (χ1v) is 6.78. The van der Waals surface area contributed by atoms with E-state index in [0.717, 1.165) is 5.56 Å². The van der Waals surface area contributed by atoms with Crippen LogP contribution in [0.3, 0.4) is 0 Å². The summed E-state index contributed by atoms with van der Waals surface area (Å²) in [6.07, 6.45) is 0. The van der Waals surface area contributed by atoms with Crippen molar-refractivity contribution in [3.63, 3.8) is 0 Å². The zero-order chi connectivity index (χ0) is 14.0. The van der Waals surface area contributed by atoms with Crippen LogP contribution in [0.25, 0.3) is 0 Å². The zero-order valence-corrected chi connectivity index (χ0v) is 12.4. The lowest BCUT2D eigenvalue weighted by atomic mass is 10.1. The topological polar surface area (TPSA) is 35.2 Å². The SMILES string of the molecule is C[C@@H](N)c1ccc(Oc2cc(Cl)cc(Cl)c2)c(Cl)c1. The van der Waals surface area contributed by atoms with Crippen LogP contribution in [0.2, 0.25) is 15.1 Å². The van der Waals surface area contributed by atoms with Crippen molar-refractivity contribution in [3.8, 4) is 11.5 Å². The van der Waals surface area contributed by atoms with Gasteiger partial charge in [0.25, 0.3) is 0 Å². The van der Waals surface area contributed by atoms with Crippen molar-refractivity contribution in [2.75, 3.05) is 0 Å². The molecule has 0 radical (unpaired) electrons. The largest absolute Gasteiger partial charge is 0.456 e. The monoisotopic (exact) mass is 315 g/mol. The van der Waals surface area contributed by atoms with E-state index < -0.39 is 0 Å². The Labute approximate surface area is 127 Å². The van der Waals surface area contributed by atoms with Gasteiger partial charge in [0, 0.05) is 16.1 Å². The molecule has 0 saturated heterocycles. The maximum absolute atomic E-state index is 6.16. The maximum Gasteiger partial charge on any atom is 0.146 e. The highest BCUT2D eigenvalue weighted by Gasteiger charge is 2.08. The second kappa shape index (κ2) is 6.02. The van der Waals surface area contributed by atoms with Crippen molar-refractivity contribution in [2.24, 2.45) is 5.73 Å². The molecule has 1 atom stereocenters. The lowest BCUT2D eigenvalue weighted by molar-refractivity contribution is 0.482. The number of nitrogens with two attached hydrogens (primary N) is 1. The van der Waals surface area contributed by atoms with E-state index in [2.05, 4.69) is 0 Å². The second-order valence-corrected chi connectivity index (χ2v) is 5.47. The molecular formula is C14H12Cl3NO. The zero-order valence-electron chi connectivity index (χ0n) is 10.2. The first-order chi connectivity index (χ1) is 8.95. The van der Waals surface area contributed by atoms with Gasteiger partial charge in [0.2, 0.25) is 0 Å². The van der Waals surface area contributed by atoms with Crippen LogP contribution in [0.15, 0.2) is 36.4 Å². The van der Waals surface area contributed by atoms with Gasteiger partial charge in [-0.2, -0.15) is 0 Å². The van der Waals surface area contributed by atoms with Gasteiger partial charge < -0.3 is 10.5 Å². The molecule has 0 aliphatic rings. The molecule has 2 N–H and O–H groups in total. The van der Waals surface area contributed by atoms with Gasteiger partial charge in [-0.3, -0.25) is 0 Å². The van der Waals surface area contributed by atoms with Crippen molar-refractivity contribution < 1.29 is 4.74 Å². The predicted octanol–water partition coefficient (Wildman–Crippen LogP) is 5.46. The van der Waals surface area contributed by atoms with E-state index in [0.29, 0.717) is 26.6 Å². The number of halogens is 3. The fraction of sp³-hybridized carbons (Fsp3) is 0.143. The van der Waals surface area contributed by atoms with Gasteiger partial charge in [0.15, 0.2) is 0 Å². The Balaban J connectivity index is 2.28. The van der Waals surface area contributed by atoms with Crippen LogP contribution in [0.4, 0.5) is 0 Å². The Bertz CT molecular complexity index is 579. The summed E-state index contributed by atoms with van der Waals surface area (Å²) < 4.78 is 5.66. The van der Waals surface area contributed by atoms with Crippen molar-refractivity contribution in [1.29, 1.82) is 0 Å². The molecule has 0 aliphatic carbocycles. The van der Waals surface area contributed by atoms with Crippen LogP contribution < -0.4 is 10.5 Å². The lowest BCUT2D eigenvalue weighted by Crippen LogP contribution is -2.04. The number of ether oxygens (including phenoxy) is 1. The van der Waals surface area contributed by atoms with E-state index in [-0.39, 0.29) is 6.04 Å². The minimum atomic E-state index is -0.0767. The second-order valence-electron chi connectivity index (χ2n) is 4.19. The standard InChI is InChI=1S/C14H12Cl3NO/c1-8(18)9-2-3-14(13(17)4-9)19-12-6-10(15)5-11(16)7-12/h2-8H,18H2,1H3/t8-/m1/s1. The molecule has 2 aromatic rings. The first-order valence-electron chi connectivity index (χ1n) is 5.64. The van der Waals surface area contributed by atoms with E-state index in [1.807, 2.05) is 13.0 Å². The molecule has 0 fully saturated rings. The van der Waals surface area contributed by atoms with Crippen LogP contribution in [0.1, 0.15) is 18.5 Å². The van der Waals surface area contributed by atoms with E-state index in [1.54, 1.807) is 30.3 Å². The maximum atomic E-state index is 6.16. The molecule has 0 aliphatic heterocycles. The molecular weight excluding hydrogens is 305 g/mol. The van der Waals surface area contributed by atoms with E-state index >= 15 is 0 Å². The summed E-state index contributed by atoms with van der Waals surface area (Å²) in [6, 6.07) is 10.3. The molecule has 2 rings (SSSR count). The van der Waals surface area contributed by atoms with Gasteiger partial charge in [-0.25, -0.2) is 0 Å². The van der Waals surface area contributed by atoms with Crippen molar-refractivity contribution in [1.82, 2.24) is 0 Å². The van der Waals surface area contributed by atoms with Crippen molar-refractivity contribution in [2.45, 2.75) is 13.0 Å². The van der Waals surface area contributed by atoms with Gasteiger partial charge in [0.05, 0.1) is 5.02 Å². The highest BCUT2D eigenvalue weighted by molar-refractivity contribution is 6.34. The molecule has 0 aromatic heterocycles. The third-order valence-corrected chi connectivity index (χ3v) is 3.28. The highest BCUT2D eigenvalue weighted by Crippen LogP contribution is 2.33. The van der Waals surface area contributed by atoms with Crippen LogP contribution in [-0.4, -0.2) is 0 Å². The summed E-state index contributed by atoms with van der Waals surface area (Å²) in [4.78, 5) is 0. The Hall–Kier alpha value is -0.930. The first kappa shape index (κ1) is 14.5. The number of rotatable bonds is 3. The quantitative estimate of drug-likeness (QED) is 0.816. The fourth-order valence-corrected chi connectivity index (χ4v) is 2.33. The van der Waals surface area contributed by atoms with E-state index in [1.165, 1.54) is 0 Å². The van der Waals surface area contributed by atoms with Crippen LogP contribution in [0.5, 0.6) is 11.5 Å². The minimum Gasteiger partial charge on any atom is -0.456 e. The van der Waals surface area contributed by atoms with Gasteiger partial charge in [-0.1, -0.05) is 40.9 Å². The smallest absolute Gasteiger partial charge is 0.146 e.